The lowest BCUT2D eigenvalue weighted by molar-refractivity contribution is 0.696. The summed E-state index contributed by atoms with van der Waals surface area (Å²) in [4.78, 5) is 18.4. The minimum atomic E-state index is 0.621. The third kappa shape index (κ3) is 7.35. The van der Waals surface area contributed by atoms with Crippen LogP contribution in [-0.2, 0) is 6.42 Å². The average Bonchev–Trinajstić information content (AvgIpc) is 3.54. The van der Waals surface area contributed by atoms with Crippen LogP contribution >= 0.6 is 0 Å². The van der Waals surface area contributed by atoms with Crippen molar-refractivity contribution in [3.63, 3.8) is 0 Å². The van der Waals surface area contributed by atoms with E-state index in [0.29, 0.717) is 23.4 Å². The number of pyridine rings is 1. The maximum Gasteiger partial charge on any atom is 0.158 e. The van der Waals surface area contributed by atoms with Crippen molar-refractivity contribution in [1.29, 1.82) is 0 Å². The smallest absolute Gasteiger partial charge is 0.158 e. The van der Waals surface area contributed by atoms with Crippen molar-refractivity contribution in [3.05, 3.63) is 90.1 Å². The second-order valence-electron chi connectivity index (χ2n) is 10.2. The minimum Gasteiger partial charge on any atom is -0.323 e. The first-order valence-corrected chi connectivity index (χ1v) is 13.7. The molecule has 0 unspecified atom stereocenters. The number of rotatable bonds is 13. The van der Waals surface area contributed by atoms with Crippen molar-refractivity contribution in [3.8, 4) is 5.82 Å². The standard InChI is InChI=1S/C30H36N10/c1-5-26(32-16-20(2)30-35-21(3)14-27(37-30)36-28-15-22(4)38-39-28)11-13-31-12-10-23-6-9-29(33-17-23)40-19-25(18-34-40)24-7-8-24/h5-6,9,14-19,24,31H,1,7-8,10-13H2,2-4H3,(H2,35,36,37,38,39)/b20-16+,32-26+. The van der Waals surface area contributed by atoms with E-state index in [1.807, 2.05) is 56.0 Å². The predicted octanol–water partition coefficient (Wildman–Crippen LogP) is 5.23. The highest BCUT2D eigenvalue weighted by Gasteiger charge is 2.25. The van der Waals surface area contributed by atoms with E-state index in [9.17, 15) is 0 Å². The van der Waals surface area contributed by atoms with Crippen LogP contribution in [0.5, 0.6) is 0 Å². The molecule has 0 spiro atoms. The van der Waals surface area contributed by atoms with Gasteiger partial charge in [0.05, 0.1) is 6.20 Å². The number of allylic oxidation sites excluding steroid dienone is 2. The van der Waals surface area contributed by atoms with Crippen molar-refractivity contribution in [2.45, 2.75) is 52.4 Å². The molecule has 206 valence electrons. The quantitative estimate of drug-likeness (QED) is 0.158. The van der Waals surface area contributed by atoms with Gasteiger partial charge in [-0.3, -0.25) is 10.1 Å². The van der Waals surface area contributed by atoms with E-state index < -0.39 is 0 Å². The Morgan fingerprint density at radius 1 is 1.15 bits per heavy atom. The molecule has 0 saturated heterocycles. The van der Waals surface area contributed by atoms with Crippen LogP contribution in [0, 0.1) is 13.8 Å². The molecule has 1 aliphatic carbocycles. The van der Waals surface area contributed by atoms with Crippen LogP contribution in [0.25, 0.3) is 11.4 Å². The number of aryl methyl sites for hydroxylation is 2. The third-order valence-corrected chi connectivity index (χ3v) is 6.67. The van der Waals surface area contributed by atoms with Crippen molar-refractivity contribution in [1.82, 2.24) is 40.2 Å². The molecule has 0 aliphatic heterocycles. The minimum absolute atomic E-state index is 0.621. The van der Waals surface area contributed by atoms with Gasteiger partial charge in [-0.05, 0) is 75.8 Å². The SMILES string of the molecule is C=C/C(CCNCCc1ccc(-n2cc(C3CC3)cn2)nc1)=N\C=C(/C)c1nc(C)cc(Nc2cc(C)[nH]n2)n1. The van der Waals surface area contributed by atoms with Crippen molar-refractivity contribution in [2.24, 2.45) is 4.99 Å². The Balaban J connectivity index is 1.09. The molecule has 4 heterocycles. The zero-order valence-corrected chi connectivity index (χ0v) is 23.4. The molecule has 1 saturated carbocycles. The number of hydrogen-bond donors (Lipinski definition) is 3. The van der Waals surface area contributed by atoms with E-state index in [2.05, 4.69) is 64.7 Å². The lowest BCUT2D eigenvalue weighted by Crippen LogP contribution is -2.20. The van der Waals surface area contributed by atoms with Crippen LogP contribution in [0.15, 0.2) is 66.7 Å². The zero-order valence-electron chi connectivity index (χ0n) is 23.4. The highest BCUT2D eigenvalue weighted by molar-refractivity contribution is 5.95. The highest BCUT2D eigenvalue weighted by atomic mass is 15.3. The Morgan fingerprint density at radius 2 is 2.02 bits per heavy atom. The number of aromatic amines is 1. The summed E-state index contributed by atoms with van der Waals surface area (Å²) in [5.74, 6) is 3.58. The maximum atomic E-state index is 4.64. The number of aromatic nitrogens is 7. The van der Waals surface area contributed by atoms with Crippen molar-refractivity contribution < 1.29 is 0 Å². The van der Waals surface area contributed by atoms with Gasteiger partial charge < -0.3 is 10.6 Å². The van der Waals surface area contributed by atoms with E-state index in [1.54, 1.807) is 12.3 Å². The topological polar surface area (TPSA) is 122 Å². The van der Waals surface area contributed by atoms with Crippen molar-refractivity contribution in [2.75, 3.05) is 18.4 Å². The van der Waals surface area contributed by atoms with Crippen LogP contribution in [0.4, 0.5) is 11.6 Å². The first kappa shape index (κ1) is 27.1. The molecule has 1 fully saturated rings. The number of nitrogens with one attached hydrogen (secondary N) is 3. The van der Waals surface area contributed by atoms with Crippen LogP contribution in [0.3, 0.4) is 0 Å². The Morgan fingerprint density at radius 3 is 2.75 bits per heavy atom. The monoisotopic (exact) mass is 536 g/mol. The van der Waals surface area contributed by atoms with E-state index in [1.165, 1.54) is 24.0 Å². The van der Waals surface area contributed by atoms with Gasteiger partial charge >= 0.3 is 0 Å². The predicted molar refractivity (Wildman–Crippen MR) is 159 cm³/mol. The number of hydrogen-bond acceptors (Lipinski definition) is 8. The lowest BCUT2D eigenvalue weighted by atomic mass is 10.2. The molecule has 0 amide bonds. The fourth-order valence-corrected chi connectivity index (χ4v) is 4.24. The molecule has 5 rings (SSSR count). The van der Waals surface area contributed by atoms with E-state index in [0.717, 1.165) is 54.4 Å². The number of nitrogens with zero attached hydrogens (tertiary/aromatic N) is 7. The number of H-pyrrole nitrogens is 1. The molecule has 0 radical (unpaired) electrons. The van der Waals surface area contributed by atoms with Gasteiger partial charge in [0.1, 0.15) is 5.82 Å². The summed E-state index contributed by atoms with van der Waals surface area (Å²) in [5, 5.41) is 18.3. The fourth-order valence-electron chi connectivity index (χ4n) is 4.24. The molecule has 0 bridgehead atoms. The molecule has 4 aromatic rings. The second-order valence-corrected chi connectivity index (χ2v) is 10.2. The molecule has 0 atom stereocenters. The first-order chi connectivity index (χ1) is 19.5. The summed E-state index contributed by atoms with van der Waals surface area (Å²) in [6, 6.07) is 7.97. The maximum absolute atomic E-state index is 4.64. The molecule has 4 aromatic heterocycles. The van der Waals surface area contributed by atoms with Gasteiger partial charge in [0.25, 0.3) is 0 Å². The Labute approximate surface area is 234 Å². The van der Waals surface area contributed by atoms with Gasteiger partial charge in [0.2, 0.25) is 0 Å². The summed E-state index contributed by atoms with van der Waals surface area (Å²) in [7, 11) is 0. The van der Waals surface area contributed by atoms with E-state index in [4.69, 9.17) is 0 Å². The molecule has 10 heteroatoms. The highest BCUT2D eigenvalue weighted by Crippen LogP contribution is 2.39. The summed E-state index contributed by atoms with van der Waals surface area (Å²) < 4.78 is 1.87. The zero-order chi connectivity index (χ0) is 27.9. The second kappa shape index (κ2) is 12.6. The fraction of sp³-hybridized carbons (Fsp3) is 0.333. The lowest BCUT2D eigenvalue weighted by Gasteiger charge is -2.07. The van der Waals surface area contributed by atoms with Crippen LogP contribution in [-0.4, -0.2) is 53.7 Å². The summed E-state index contributed by atoms with van der Waals surface area (Å²) in [6.07, 6.45) is 13.8. The number of anilines is 2. The third-order valence-electron chi connectivity index (χ3n) is 6.67. The van der Waals surface area contributed by atoms with Gasteiger partial charge in [-0.1, -0.05) is 12.6 Å². The normalized spacial score (nSPS) is 14.0. The molecule has 10 nitrogen and oxygen atoms in total. The summed E-state index contributed by atoms with van der Waals surface area (Å²) >= 11 is 0. The Bertz CT molecular complexity index is 1510. The van der Waals surface area contributed by atoms with Crippen LogP contribution in [0.1, 0.15) is 60.4 Å². The molecular weight excluding hydrogens is 500 g/mol. The Hall–Kier alpha value is -4.44. The molecule has 0 aromatic carbocycles. The van der Waals surface area contributed by atoms with Crippen molar-refractivity contribution >= 4 is 22.9 Å². The van der Waals surface area contributed by atoms with Gasteiger partial charge in [0, 0.05) is 66.4 Å². The first-order valence-electron chi connectivity index (χ1n) is 13.7. The van der Waals surface area contributed by atoms with E-state index >= 15 is 0 Å². The van der Waals surface area contributed by atoms with Crippen LogP contribution in [0.2, 0.25) is 0 Å². The molecule has 1 aliphatic rings. The Kier molecular flexibility index (Phi) is 8.56. The summed E-state index contributed by atoms with van der Waals surface area (Å²) in [5.41, 5.74) is 6.11. The van der Waals surface area contributed by atoms with Gasteiger partial charge in [-0.15, -0.1) is 0 Å². The van der Waals surface area contributed by atoms with Gasteiger partial charge in [0.15, 0.2) is 17.5 Å². The van der Waals surface area contributed by atoms with Gasteiger partial charge in [-0.2, -0.15) is 10.2 Å². The van der Waals surface area contributed by atoms with Gasteiger partial charge in [-0.25, -0.2) is 19.6 Å². The molecule has 3 N–H and O–H groups in total. The van der Waals surface area contributed by atoms with E-state index in [-0.39, 0.29) is 0 Å². The summed E-state index contributed by atoms with van der Waals surface area (Å²) in [6.45, 7) is 11.4. The largest absolute Gasteiger partial charge is 0.323 e. The molecule has 40 heavy (non-hydrogen) atoms. The number of aliphatic imine (C=N–C) groups is 1. The van der Waals surface area contributed by atoms with Crippen LogP contribution < -0.4 is 10.6 Å². The molecular formula is C30H36N10. The average molecular weight is 537 g/mol.